The van der Waals surface area contributed by atoms with Crippen molar-refractivity contribution in [3.8, 4) is 0 Å². The minimum atomic E-state index is -3.67. The van der Waals surface area contributed by atoms with Crippen LogP contribution in [0.3, 0.4) is 0 Å². The summed E-state index contributed by atoms with van der Waals surface area (Å²) in [7, 11) is -3.67. The number of hydrogen-bond acceptors (Lipinski definition) is 4. The maximum Gasteiger partial charge on any atom is 0.278 e. The first-order valence-corrected chi connectivity index (χ1v) is 7.43. The van der Waals surface area contributed by atoms with E-state index in [1.807, 2.05) is 19.1 Å². The molecule has 0 bridgehead atoms. The van der Waals surface area contributed by atoms with Gasteiger partial charge in [-0.2, -0.15) is 13.5 Å². The summed E-state index contributed by atoms with van der Waals surface area (Å²) >= 11 is 0. The van der Waals surface area contributed by atoms with Crippen molar-refractivity contribution in [3.05, 3.63) is 48.3 Å². The Balaban J connectivity index is 2.11. The van der Waals surface area contributed by atoms with Gasteiger partial charge >= 0.3 is 0 Å². The summed E-state index contributed by atoms with van der Waals surface area (Å²) in [5.74, 6) is 0. The number of aromatic amines is 1. The number of aryl methyl sites for hydroxylation is 1. The molecule has 3 rings (SSSR count). The summed E-state index contributed by atoms with van der Waals surface area (Å²) in [4.78, 5) is 4.28. The minimum absolute atomic E-state index is 0.0233. The number of rotatable bonds is 3. The van der Waals surface area contributed by atoms with Crippen molar-refractivity contribution in [1.82, 2.24) is 15.2 Å². The minimum Gasteiger partial charge on any atom is -0.278 e. The zero-order chi connectivity index (χ0) is 14.2. The molecule has 0 unspecified atom stereocenters. The van der Waals surface area contributed by atoms with E-state index >= 15 is 0 Å². The Hall–Kier alpha value is -2.41. The number of H-pyrrole nitrogens is 1. The Labute approximate surface area is 115 Å². The zero-order valence-electron chi connectivity index (χ0n) is 10.7. The van der Waals surface area contributed by atoms with E-state index in [2.05, 4.69) is 19.9 Å². The standard InChI is InChI=1S/C13H12N4O2S/c1-9-4-5-11(10-3-2-7-14-13(9)10)17-20(18,19)12-6-8-15-16-12/h2-8,17H,1H3,(H,15,16). The topological polar surface area (TPSA) is 87.7 Å². The number of benzene rings is 1. The van der Waals surface area contributed by atoms with Gasteiger partial charge < -0.3 is 0 Å². The second-order valence-electron chi connectivity index (χ2n) is 4.36. The second kappa shape index (κ2) is 4.61. The Kier molecular flexibility index (Phi) is 2.90. The molecule has 3 aromatic rings. The van der Waals surface area contributed by atoms with Gasteiger partial charge in [-0.15, -0.1) is 0 Å². The molecule has 0 atom stereocenters. The normalized spacial score (nSPS) is 11.7. The lowest BCUT2D eigenvalue weighted by molar-refractivity contribution is 0.597. The van der Waals surface area contributed by atoms with Crippen molar-refractivity contribution in [2.24, 2.45) is 0 Å². The van der Waals surface area contributed by atoms with Gasteiger partial charge in [-0.25, -0.2) is 0 Å². The van der Waals surface area contributed by atoms with Gasteiger partial charge in [-0.05, 0) is 36.8 Å². The molecule has 0 amide bonds. The fourth-order valence-electron chi connectivity index (χ4n) is 2.00. The van der Waals surface area contributed by atoms with Gasteiger partial charge in [0.05, 0.1) is 17.4 Å². The number of pyridine rings is 1. The van der Waals surface area contributed by atoms with E-state index in [1.54, 1.807) is 18.3 Å². The second-order valence-corrected chi connectivity index (χ2v) is 6.01. The molecule has 20 heavy (non-hydrogen) atoms. The SMILES string of the molecule is Cc1ccc(NS(=O)(=O)c2ccn[nH]2)c2cccnc12. The summed E-state index contributed by atoms with van der Waals surface area (Å²) in [6.45, 7) is 1.93. The van der Waals surface area contributed by atoms with Crippen LogP contribution >= 0.6 is 0 Å². The Morgan fingerprint density at radius 3 is 2.75 bits per heavy atom. The van der Waals surface area contributed by atoms with Gasteiger partial charge in [-0.3, -0.25) is 14.8 Å². The number of fused-ring (bicyclic) bond motifs is 1. The first kappa shape index (κ1) is 12.6. The fourth-order valence-corrected chi connectivity index (χ4v) is 2.99. The summed E-state index contributed by atoms with van der Waals surface area (Å²) in [6, 6.07) is 8.57. The van der Waals surface area contributed by atoms with Crippen LogP contribution in [-0.2, 0) is 10.0 Å². The maximum absolute atomic E-state index is 12.2. The molecule has 102 valence electrons. The maximum atomic E-state index is 12.2. The van der Waals surface area contributed by atoms with Crippen molar-refractivity contribution in [2.75, 3.05) is 4.72 Å². The summed E-state index contributed by atoms with van der Waals surface area (Å²) in [5.41, 5.74) is 2.26. The Morgan fingerprint density at radius 1 is 1.15 bits per heavy atom. The lowest BCUT2D eigenvalue weighted by atomic mass is 10.1. The predicted molar refractivity (Wildman–Crippen MR) is 75.9 cm³/mol. The quantitative estimate of drug-likeness (QED) is 0.772. The van der Waals surface area contributed by atoms with Crippen LogP contribution in [0, 0.1) is 6.92 Å². The first-order chi connectivity index (χ1) is 9.58. The molecule has 2 N–H and O–H groups in total. The summed E-state index contributed by atoms with van der Waals surface area (Å²) in [6.07, 6.45) is 3.08. The molecule has 7 heteroatoms. The number of sulfonamides is 1. The molecule has 6 nitrogen and oxygen atoms in total. The first-order valence-electron chi connectivity index (χ1n) is 5.94. The van der Waals surface area contributed by atoms with Crippen molar-refractivity contribution < 1.29 is 8.42 Å². The van der Waals surface area contributed by atoms with Gasteiger partial charge in [0.1, 0.15) is 0 Å². The van der Waals surface area contributed by atoms with E-state index in [-0.39, 0.29) is 5.03 Å². The highest BCUT2D eigenvalue weighted by atomic mass is 32.2. The van der Waals surface area contributed by atoms with Gasteiger partial charge in [0, 0.05) is 11.6 Å². The molecular weight excluding hydrogens is 276 g/mol. The molecule has 0 aliphatic heterocycles. The van der Waals surface area contributed by atoms with E-state index in [0.717, 1.165) is 16.5 Å². The smallest absolute Gasteiger partial charge is 0.278 e. The number of hydrogen-bond donors (Lipinski definition) is 2. The Bertz CT molecular complexity index is 857. The van der Waals surface area contributed by atoms with Crippen molar-refractivity contribution >= 4 is 26.6 Å². The molecule has 1 aromatic carbocycles. The van der Waals surface area contributed by atoms with Gasteiger partial charge in [-0.1, -0.05) is 6.07 Å². The average Bonchev–Trinajstić information content (AvgIpc) is 2.97. The molecule has 0 aliphatic rings. The average molecular weight is 288 g/mol. The number of nitrogens with one attached hydrogen (secondary N) is 2. The molecule has 2 heterocycles. The zero-order valence-corrected chi connectivity index (χ0v) is 11.5. The molecule has 0 spiro atoms. The molecular formula is C13H12N4O2S. The van der Waals surface area contributed by atoms with Crippen molar-refractivity contribution in [3.63, 3.8) is 0 Å². The summed E-state index contributed by atoms with van der Waals surface area (Å²) in [5, 5.41) is 6.87. The Morgan fingerprint density at radius 2 is 2.00 bits per heavy atom. The highest BCUT2D eigenvalue weighted by Gasteiger charge is 2.17. The van der Waals surface area contributed by atoms with Crippen LogP contribution in [0.2, 0.25) is 0 Å². The fraction of sp³-hybridized carbons (Fsp3) is 0.0769. The monoisotopic (exact) mass is 288 g/mol. The third kappa shape index (κ3) is 2.12. The van der Waals surface area contributed by atoms with E-state index < -0.39 is 10.0 Å². The molecule has 0 saturated carbocycles. The molecule has 0 radical (unpaired) electrons. The largest absolute Gasteiger partial charge is 0.278 e. The number of anilines is 1. The highest BCUT2D eigenvalue weighted by Crippen LogP contribution is 2.26. The molecule has 0 aliphatic carbocycles. The third-order valence-corrected chi connectivity index (χ3v) is 4.28. The molecule has 2 aromatic heterocycles. The van der Waals surface area contributed by atoms with E-state index in [0.29, 0.717) is 5.69 Å². The highest BCUT2D eigenvalue weighted by molar-refractivity contribution is 7.92. The van der Waals surface area contributed by atoms with Gasteiger partial charge in [0.25, 0.3) is 10.0 Å². The van der Waals surface area contributed by atoms with Gasteiger partial charge in [0.15, 0.2) is 5.03 Å². The van der Waals surface area contributed by atoms with Crippen LogP contribution in [0.25, 0.3) is 10.9 Å². The number of aromatic nitrogens is 3. The van der Waals surface area contributed by atoms with Gasteiger partial charge in [0.2, 0.25) is 0 Å². The van der Waals surface area contributed by atoms with Crippen LogP contribution < -0.4 is 4.72 Å². The van der Waals surface area contributed by atoms with Crippen LogP contribution in [0.1, 0.15) is 5.56 Å². The summed E-state index contributed by atoms with van der Waals surface area (Å²) < 4.78 is 26.9. The van der Waals surface area contributed by atoms with Crippen LogP contribution in [0.5, 0.6) is 0 Å². The van der Waals surface area contributed by atoms with Crippen molar-refractivity contribution in [1.29, 1.82) is 0 Å². The lowest BCUT2D eigenvalue weighted by Gasteiger charge is -2.10. The van der Waals surface area contributed by atoms with Crippen molar-refractivity contribution in [2.45, 2.75) is 11.9 Å². The molecule has 0 saturated heterocycles. The van der Waals surface area contributed by atoms with E-state index in [1.165, 1.54) is 12.3 Å². The van der Waals surface area contributed by atoms with E-state index in [9.17, 15) is 8.42 Å². The lowest BCUT2D eigenvalue weighted by Crippen LogP contribution is -2.13. The third-order valence-electron chi connectivity index (χ3n) is 2.98. The predicted octanol–water partition coefficient (Wildman–Crippen LogP) is 2.07. The number of nitrogens with zero attached hydrogens (tertiary/aromatic N) is 2. The van der Waals surface area contributed by atoms with Crippen LogP contribution in [-0.4, -0.2) is 23.6 Å². The van der Waals surface area contributed by atoms with Crippen LogP contribution in [0.15, 0.2) is 47.8 Å². The van der Waals surface area contributed by atoms with E-state index in [4.69, 9.17) is 0 Å². The molecule has 0 fully saturated rings. The van der Waals surface area contributed by atoms with Crippen LogP contribution in [0.4, 0.5) is 5.69 Å².